The molecule has 1 fully saturated rings. The SMILES string of the molecule is CCCOC1(CN=C2NS(=O)(=O)c3ccccc32)CCCCC1. The number of amidine groups is 1. The highest BCUT2D eigenvalue weighted by Crippen LogP contribution is 2.33. The molecule has 126 valence electrons. The maximum absolute atomic E-state index is 12.1. The molecule has 23 heavy (non-hydrogen) atoms. The number of sulfonamides is 1. The van der Waals surface area contributed by atoms with Gasteiger partial charge in [0.25, 0.3) is 10.0 Å². The summed E-state index contributed by atoms with van der Waals surface area (Å²) in [5, 5.41) is 0. The Bertz CT molecular complexity index is 692. The summed E-state index contributed by atoms with van der Waals surface area (Å²) in [7, 11) is -3.47. The van der Waals surface area contributed by atoms with Crippen LogP contribution in [0.15, 0.2) is 34.2 Å². The van der Waals surface area contributed by atoms with Gasteiger partial charge < -0.3 is 4.74 Å². The van der Waals surface area contributed by atoms with Crippen LogP contribution in [0.3, 0.4) is 0 Å². The van der Waals surface area contributed by atoms with Gasteiger partial charge in [0, 0.05) is 12.2 Å². The predicted octanol–water partition coefficient (Wildman–Crippen LogP) is 2.85. The fourth-order valence-corrected chi connectivity index (χ4v) is 4.59. The first-order chi connectivity index (χ1) is 11.1. The molecule has 1 heterocycles. The predicted molar refractivity (Wildman–Crippen MR) is 90.2 cm³/mol. The molecule has 2 aliphatic rings. The van der Waals surface area contributed by atoms with Crippen molar-refractivity contribution in [2.45, 2.75) is 55.9 Å². The molecule has 0 aromatic heterocycles. The lowest BCUT2D eigenvalue weighted by molar-refractivity contribution is -0.0624. The minimum Gasteiger partial charge on any atom is -0.373 e. The van der Waals surface area contributed by atoms with Crippen molar-refractivity contribution in [2.24, 2.45) is 4.99 Å². The number of benzene rings is 1. The summed E-state index contributed by atoms with van der Waals surface area (Å²) in [5.41, 5.74) is 0.429. The van der Waals surface area contributed by atoms with Gasteiger partial charge in [0.15, 0.2) is 0 Å². The molecule has 1 aliphatic heterocycles. The van der Waals surface area contributed by atoms with E-state index in [1.54, 1.807) is 18.2 Å². The van der Waals surface area contributed by atoms with Crippen molar-refractivity contribution >= 4 is 15.9 Å². The lowest BCUT2D eigenvalue weighted by Gasteiger charge is -2.36. The van der Waals surface area contributed by atoms with Crippen molar-refractivity contribution in [1.82, 2.24) is 4.72 Å². The Kier molecular flexibility index (Phi) is 4.73. The van der Waals surface area contributed by atoms with Crippen molar-refractivity contribution in [3.8, 4) is 0 Å². The van der Waals surface area contributed by atoms with Crippen LogP contribution in [0.4, 0.5) is 0 Å². The van der Waals surface area contributed by atoms with Crippen molar-refractivity contribution in [2.75, 3.05) is 13.2 Å². The van der Waals surface area contributed by atoms with Crippen LogP contribution in [0.2, 0.25) is 0 Å². The van der Waals surface area contributed by atoms with Gasteiger partial charge in [0.05, 0.1) is 17.0 Å². The van der Waals surface area contributed by atoms with Crippen LogP contribution in [-0.4, -0.2) is 33.0 Å². The molecule has 1 aliphatic carbocycles. The van der Waals surface area contributed by atoms with E-state index in [4.69, 9.17) is 4.74 Å². The van der Waals surface area contributed by atoms with Crippen molar-refractivity contribution in [1.29, 1.82) is 0 Å². The smallest absolute Gasteiger partial charge is 0.263 e. The number of nitrogens with one attached hydrogen (secondary N) is 1. The van der Waals surface area contributed by atoms with E-state index in [0.717, 1.165) is 38.7 Å². The van der Waals surface area contributed by atoms with Gasteiger partial charge in [-0.05, 0) is 31.4 Å². The number of rotatable bonds is 5. The Balaban J connectivity index is 1.84. The normalized spacial score (nSPS) is 23.4. The monoisotopic (exact) mass is 336 g/mol. The average Bonchev–Trinajstić information content (AvgIpc) is 2.84. The Morgan fingerprint density at radius 3 is 2.70 bits per heavy atom. The van der Waals surface area contributed by atoms with Crippen LogP contribution in [0.25, 0.3) is 0 Å². The van der Waals surface area contributed by atoms with E-state index in [0.29, 0.717) is 22.8 Å². The van der Waals surface area contributed by atoms with Crippen molar-refractivity contribution < 1.29 is 13.2 Å². The third kappa shape index (κ3) is 3.43. The Labute approximate surface area is 138 Å². The number of hydrogen-bond donors (Lipinski definition) is 1. The first-order valence-corrected chi connectivity index (χ1v) is 9.85. The number of nitrogens with zero attached hydrogens (tertiary/aromatic N) is 1. The molecule has 0 atom stereocenters. The minimum atomic E-state index is -3.47. The summed E-state index contributed by atoms with van der Waals surface area (Å²) >= 11 is 0. The average molecular weight is 336 g/mol. The van der Waals surface area contributed by atoms with Crippen LogP contribution in [0, 0.1) is 0 Å². The summed E-state index contributed by atoms with van der Waals surface area (Å²) in [6, 6.07) is 6.98. The molecule has 0 radical (unpaired) electrons. The summed E-state index contributed by atoms with van der Waals surface area (Å²) in [5.74, 6) is 0.450. The highest BCUT2D eigenvalue weighted by Gasteiger charge is 2.35. The maximum atomic E-state index is 12.1. The van der Waals surface area contributed by atoms with Crippen LogP contribution in [-0.2, 0) is 14.8 Å². The molecule has 3 rings (SSSR count). The summed E-state index contributed by atoms with van der Waals surface area (Å²) < 4.78 is 33.0. The second-order valence-corrected chi connectivity index (χ2v) is 8.01. The summed E-state index contributed by atoms with van der Waals surface area (Å²) in [6.07, 6.45) is 6.52. The molecule has 0 unspecified atom stereocenters. The van der Waals surface area contributed by atoms with Gasteiger partial charge in [-0.3, -0.25) is 9.71 Å². The van der Waals surface area contributed by atoms with E-state index in [2.05, 4.69) is 16.6 Å². The molecule has 0 amide bonds. The highest BCUT2D eigenvalue weighted by molar-refractivity contribution is 7.90. The molecule has 5 nitrogen and oxygen atoms in total. The zero-order valence-corrected chi connectivity index (χ0v) is 14.4. The number of aliphatic imine (C=N–C) groups is 1. The molecule has 1 N–H and O–H groups in total. The standard InChI is InChI=1S/C17H24N2O3S/c1-2-12-22-17(10-6-3-7-11-17)13-18-16-14-8-4-5-9-15(14)23(20,21)19-16/h4-5,8-9H,2-3,6-7,10-13H2,1H3,(H,18,19). The molecule has 0 spiro atoms. The quantitative estimate of drug-likeness (QED) is 0.899. The maximum Gasteiger partial charge on any atom is 0.263 e. The molecule has 1 aromatic rings. The second kappa shape index (κ2) is 6.61. The van der Waals surface area contributed by atoms with Crippen molar-refractivity contribution in [3.05, 3.63) is 29.8 Å². The number of ether oxygens (including phenoxy) is 1. The lowest BCUT2D eigenvalue weighted by Crippen LogP contribution is -2.39. The van der Waals surface area contributed by atoms with E-state index >= 15 is 0 Å². The molecular formula is C17H24N2O3S. The second-order valence-electron chi connectivity index (χ2n) is 6.36. The third-order valence-corrected chi connectivity index (χ3v) is 5.96. The number of fused-ring (bicyclic) bond motifs is 1. The van der Waals surface area contributed by atoms with Crippen LogP contribution in [0.1, 0.15) is 51.0 Å². The van der Waals surface area contributed by atoms with Crippen LogP contribution < -0.4 is 4.72 Å². The Hall–Kier alpha value is -1.40. The highest BCUT2D eigenvalue weighted by atomic mass is 32.2. The summed E-state index contributed by atoms with van der Waals surface area (Å²) in [6.45, 7) is 3.34. The zero-order valence-electron chi connectivity index (χ0n) is 13.5. The van der Waals surface area contributed by atoms with Gasteiger partial charge in [-0.1, -0.05) is 38.3 Å². The first kappa shape index (κ1) is 16.5. The van der Waals surface area contributed by atoms with E-state index in [-0.39, 0.29) is 5.60 Å². The topological polar surface area (TPSA) is 67.8 Å². The van der Waals surface area contributed by atoms with E-state index in [1.165, 1.54) is 6.42 Å². The number of hydrogen-bond acceptors (Lipinski definition) is 4. The fourth-order valence-electron chi connectivity index (χ4n) is 3.34. The minimum absolute atomic E-state index is 0.232. The van der Waals surface area contributed by atoms with Gasteiger partial charge in [0.1, 0.15) is 5.84 Å². The van der Waals surface area contributed by atoms with Gasteiger partial charge in [-0.25, -0.2) is 8.42 Å². The van der Waals surface area contributed by atoms with Crippen LogP contribution >= 0.6 is 0 Å². The van der Waals surface area contributed by atoms with Gasteiger partial charge in [0.2, 0.25) is 0 Å². The molecule has 0 bridgehead atoms. The van der Waals surface area contributed by atoms with Crippen LogP contribution in [0.5, 0.6) is 0 Å². The molecular weight excluding hydrogens is 312 g/mol. The summed E-state index contributed by atoms with van der Waals surface area (Å²) in [4.78, 5) is 4.92. The molecule has 1 aromatic carbocycles. The molecule has 6 heteroatoms. The van der Waals surface area contributed by atoms with E-state index < -0.39 is 10.0 Å². The van der Waals surface area contributed by atoms with Gasteiger partial charge in [-0.2, -0.15) is 0 Å². The van der Waals surface area contributed by atoms with E-state index in [1.807, 2.05) is 6.07 Å². The molecule has 0 saturated heterocycles. The third-order valence-electron chi connectivity index (χ3n) is 4.57. The largest absolute Gasteiger partial charge is 0.373 e. The van der Waals surface area contributed by atoms with E-state index in [9.17, 15) is 8.42 Å². The lowest BCUT2D eigenvalue weighted by atomic mass is 9.84. The fraction of sp³-hybridized carbons (Fsp3) is 0.588. The molecule has 1 saturated carbocycles. The zero-order chi connectivity index (χ0) is 16.3. The van der Waals surface area contributed by atoms with Gasteiger partial charge in [-0.15, -0.1) is 0 Å². The van der Waals surface area contributed by atoms with Gasteiger partial charge >= 0.3 is 0 Å². The van der Waals surface area contributed by atoms with Crippen molar-refractivity contribution in [3.63, 3.8) is 0 Å². The first-order valence-electron chi connectivity index (χ1n) is 8.37. The Morgan fingerprint density at radius 2 is 1.96 bits per heavy atom. The Morgan fingerprint density at radius 1 is 1.22 bits per heavy atom.